The number of hydrogen-bond acceptors (Lipinski definition) is 4. The minimum absolute atomic E-state index is 0.504. The second-order valence-electron chi connectivity index (χ2n) is 8.15. The zero-order chi connectivity index (χ0) is 21.7. The Bertz CT molecular complexity index is 1580. The van der Waals surface area contributed by atoms with Gasteiger partial charge in [-0.3, -0.25) is 0 Å². The van der Waals surface area contributed by atoms with Gasteiger partial charge in [-0.05, 0) is 73.5 Å². The minimum atomic E-state index is 0.504. The highest BCUT2D eigenvalue weighted by atomic mass is 16.4. The van der Waals surface area contributed by atoms with Gasteiger partial charge < -0.3 is 8.83 Å². The third-order valence-corrected chi connectivity index (χ3v) is 5.76. The van der Waals surface area contributed by atoms with Crippen LogP contribution in [0.25, 0.3) is 56.0 Å². The SMILES string of the molecule is Cc1ccc2oc3c(-c4ccc(-c5nnc(-c6ccccc6)o5)cc4)cc(C)cc3c2c1. The highest BCUT2D eigenvalue weighted by molar-refractivity contribution is 6.10. The van der Waals surface area contributed by atoms with Gasteiger partial charge in [0, 0.05) is 27.5 Å². The lowest BCUT2D eigenvalue weighted by Gasteiger charge is -2.05. The van der Waals surface area contributed by atoms with Crippen molar-refractivity contribution in [2.45, 2.75) is 13.8 Å². The summed E-state index contributed by atoms with van der Waals surface area (Å²) >= 11 is 0. The third-order valence-electron chi connectivity index (χ3n) is 5.76. The second kappa shape index (κ2) is 7.20. The average molecular weight is 416 g/mol. The standard InChI is InChI=1S/C28H20N2O2/c1-17-8-13-25-23(14-17)24-16-18(2)15-22(26(24)31-25)19-9-11-21(12-10-19)28-30-29-27(32-28)20-6-4-3-5-7-20/h3-16H,1-2H3. The molecule has 154 valence electrons. The molecule has 4 aromatic carbocycles. The molecule has 2 heterocycles. The van der Waals surface area contributed by atoms with E-state index in [-0.39, 0.29) is 0 Å². The number of nitrogens with zero attached hydrogens (tertiary/aromatic N) is 2. The Hall–Kier alpha value is -4.18. The molecule has 6 rings (SSSR count). The summed E-state index contributed by atoms with van der Waals surface area (Å²) in [6, 6.07) is 28.7. The van der Waals surface area contributed by atoms with Crippen molar-refractivity contribution in [1.29, 1.82) is 0 Å². The summed E-state index contributed by atoms with van der Waals surface area (Å²) in [5, 5.41) is 10.7. The van der Waals surface area contributed by atoms with Gasteiger partial charge >= 0.3 is 0 Å². The van der Waals surface area contributed by atoms with Crippen LogP contribution < -0.4 is 0 Å². The van der Waals surface area contributed by atoms with Gasteiger partial charge in [-0.15, -0.1) is 10.2 Å². The fourth-order valence-electron chi connectivity index (χ4n) is 4.18. The van der Waals surface area contributed by atoms with E-state index >= 15 is 0 Å². The molecule has 0 aliphatic carbocycles. The first-order valence-electron chi connectivity index (χ1n) is 10.6. The Morgan fingerprint density at radius 1 is 0.562 bits per heavy atom. The number of benzene rings is 4. The normalized spacial score (nSPS) is 11.4. The van der Waals surface area contributed by atoms with Crippen LogP contribution in [0.2, 0.25) is 0 Å². The summed E-state index contributed by atoms with van der Waals surface area (Å²) in [5.74, 6) is 1.02. The highest BCUT2D eigenvalue weighted by Crippen LogP contribution is 2.37. The molecule has 0 amide bonds. The van der Waals surface area contributed by atoms with Crippen LogP contribution >= 0.6 is 0 Å². The van der Waals surface area contributed by atoms with Gasteiger partial charge in [0.1, 0.15) is 11.2 Å². The van der Waals surface area contributed by atoms with Crippen molar-refractivity contribution in [3.05, 3.63) is 96.1 Å². The summed E-state index contributed by atoms with van der Waals surface area (Å²) < 4.78 is 12.2. The van der Waals surface area contributed by atoms with Crippen molar-refractivity contribution in [3.8, 4) is 34.0 Å². The molecule has 0 aliphatic heterocycles. The average Bonchev–Trinajstić information content (AvgIpc) is 3.45. The van der Waals surface area contributed by atoms with E-state index in [1.807, 2.05) is 48.5 Å². The van der Waals surface area contributed by atoms with Gasteiger partial charge in [0.2, 0.25) is 11.8 Å². The fraction of sp³-hybridized carbons (Fsp3) is 0.0714. The van der Waals surface area contributed by atoms with Crippen molar-refractivity contribution < 1.29 is 8.83 Å². The van der Waals surface area contributed by atoms with Crippen molar-refractivity contribution in [1.82, 2.24) is 10.2 Å². The Balaban J connectivity index is 1.41. The molecule has 2 aromatic heterocycles. The van der Waals surface area contributed by atoms with E-state index in [1.165, 1.54) is 11.1 Å². The molecule has 0 N–H and O–H groups in total. The van der Waals surface area contributed by atoms with Gasteiger partial charge in [0.05, 0.1) is 0 Å². The van der Waals surface area contributed by atoms with Gasteiger partial charge in [-0.25, -0.2) is 0 Å². The lowest BCUT2D eigenvalue weighted by atomic mass is 9.98. The van der Waals surface area contributed by atoms with Crippen molar-refractivity contribution in [2.75, 3.05) is 0 Å². The van der Waals surface area contributed by atoms with Crippen LogP contribution in [-0.4, -0.2) is 10.2 Å². The molecule has 32 heavy (non-hydrogen) atoms. The zero-order valence-electron chi connectivity index (χ0n) is 17.8. The van der Waals surface area contributed by atoms with E-state index in [0.29, 0.717) is 11.8 Å². The summed E-state index contributed by atoms with van der Waals surface area (Å²) in [5.41, 5.74) is 8.20. The van der Waals surface area contributed by atoms with Gasteiger partial charge in [-0.1, -0.05) is 42.0 Å². The molecule has 4 nitrogen and oxygen atoms in total. The van der Waals surface area contributed by atoms with Crippen LogP contribution in [0.5, 0.6) is 0 Å². The van der Waals surface area contributed by atoms with Crippen molar-refractivity contribution in [3.63, 3.8) is 0 Å². The van der Waals surface area contributed by atoms with Crippen LogP contribution in [0.1, 0.15) is 11.1 Å². The summed E-state index contributed by atoms with van der Waals surface area (Å²) in [4.78, 5) is 0. The minimum Gasteiger partial charge on any atom is -0.455 e. The van der Waals surface area contributed by atoms with Crippen LogP contribution in [-0.2, 0) is 0 Å². The van der Waals surface area contributed by atoms with E-state index < -0.39 is 0 Å². The molecular weight excluding hydrogens is 396 g/mol. The van der Waals surface area contributed by atoms with E-state index in [1.54, 1.807) is 0 Å². The first kappa shape index (κ1) is 18.6. The molecule has 0 unspecified atom stereocenters. The quantitative estimate of drug-likeness (QED) is 0.298. The van der Waals surface area contributed by atoms with E-state index in [9.17, 15) is 0 Å². The highest BCUT2D eigenvalue weighted by Gasteiger charge is 2.15. The first-order chi connectivity index (χ1) is 15.7. The molecule has 0 atom stereocenters. The summed E-state index contributed by atoms with van der Waals surface area (Å²) in [6.07, 6.45) is 0. The first-order valence-corrected chi connectivity index (χ1v) is 10.6. The van der Waals surface area contributed by atoms with E-state index in [4.69, 9.17) is 8.83 Å². The molecule has 0 spiro atoms. The number of hydrogen-bond donors (Lipinski definition) is 0. The van der Waals surface area contributed by atoms with Crippen LogP contribution in [0, 0.1) is 13.8 Å². The lowest BCUT2D eigenvalue weighted by molar-refractivity contribution is 0.584. The molecular formula is C28H20N2O2. The smallest absolute Gasteiger partial charge is 0.248 e. The maximum atomic E-state index is 6.27. The predicted molar refractivity (Wildman–Crippen MR) is 127 cm³/mol. The van der Waals surface area contributed by atoms with Crippen LogP contribution in [0.15, 0.2) is 93.8 Å². The van der Waals surface area contributed by atoms with E-state index in [0.717, 1.165) is 44.2 Å². The zero-order valence-corrected chi connectivity index (χ0v) is 17.8. The largest absolute Gasteiger partial charge is 0.455 e. The van der Waals surface area contributed by atoms with Gasteiger partial charge in [0.25, 0.3) is 0 Å². The van der Waals surface area contributed by atoms with Crippen molar-refractivity contribution >= 4 is 21.9 Å². The molecule has 0 saturated heterocycles. The molecule has 4 heteroatoms. The van der Waals surface area contributed by atoms with Crippen molar-refractivity contribution in [2.24, 2.45) is 0 Å². The molecule has 6 aromatic rings. The molecule has 0 aliphatic rings. The Morgan fingerprint density at radius 2 is 1.22 bits per heavy atom. The topological polar surface area (TPSA) is 52.1 Å². The molecule has 0 saturated carbocycles. The van der Waals surface area contributed by atoms with Crippen LogP contribution in [0.3, 0.4) is 0 Å². The Morgan fingerprint density at radius 3 is 1.97 bits per heavy atom. The maximum Gasteiger partial charge on any atom is 0.248 e. The van der Waals surface area contributed by atoms with Gasteiger partial charge in [0.15, 0.2) is 0 Å². The number of furan rings is 1. The Labute approximate surface area is 185 Å². The maximum absolute atomic E-state index is 6.27. The lowest BCUT2D eigenvalue weighted by Crippen LogP contribution is -1.83. The third kappa shape index (κ3) is 3.08. The number of fused-ring (bicyclic) bond motifs is 3. The van der Waals surface area contributed by atoms with Gasteiger partial charge in [-0.2, -0.15) is 0 Å². The number of rotatable bonds is 3. The molecule has 0 bridgehead atoms. The van der Waals surface area contributed by atoms with Crippen LogP contribution in [0.4, 0.5) is 0 Å². The fourth-order valence-corrected chi connectivity index (χ4v) is 4.18. The molecule has 0 radical (unpaired) electrons. The monoisotopic (exact) mass is 416 g/mol. The predicted octanol–water partition coefficient (Wildman–Crippen LogP) is 7.59. The summed E-state index contributed by atoms with van der Waals surface area (Å²) in [6.45, 7) is 4.23. The number of aryl methyl sites for hydroxylation is 2. The number of aromatic nitrogens is 2. The van der Waals surface area contributed by atoms with E-state index in [2.05, 4.69) is 60.4 Å². The molecule has 0 fully saturated rings. The Kier molecular flexibility index (Phi) is 4.18. The summed E-state index contributed by atoms with van der Waals surface area (Å²) in [7, 11) is 0. The second-order valence-corrected chi connectivity index (χ2v) is 8.15.